The van der Waals surface area contributed by atoms with Gasteiger partial charge in [0.2, 0.25) is 0 Å². The fourth-order valence-corrected chi connectivity index (χ4v) is 2.73. The molecule has 0 aromatic heterocycles. The van der Waals surface area contributed by atoms with Gasteiger partial charge in [-0.3, -0.25) is 4.90 Å². The molecule has 0 saturated carbocycles. The number of para-hydroxylation sites is 1. The summed E-state index contributed by atoms with van der Waals surface area (Å²) in [6.07, 6.45) is 1.06. The molecule has 0 amide bonds. The third-order valence-corrected chi connectivity index (χ3v) is 3.75. The van der Waals surface area contributed by atoms with Crippen LogP contribution in [-0.2, 0) is 6.54 Å². The molecule has 0 aliphatic carbocycles. The van der Waals surface area contributed by atoms with Crippen LogP contribution in [0.25, 0.3) is 0 Å². The Balaban J connectivity index is 1.56. The first-order chi connectivity index (χ1) is 9.81. The van der Waals surface area contributed by atoms with Gasteiger partial charge in [0.25, 0.3) is 0 Å². The Morgan fingerprint density at radius 2 is 1.80 bits per heavy atom. The van der Waals surface area contributed by atoms with E-state index < -0.39 is 0 Å². The van der Waals surface area contributed by atoms with E-state index in [4.69, 9.17) is 0 Å². The molecule has 1 fully saturated rings. The number of likely N-dealkylation sites (tertiary alicyclic amines) is 1. The van der Waals surface area contributed by atoms with E-state index in [2.05, 4.69) is 34.5 Å². The smallest absolute Gasteiger partial charge is 0.146 e. The van der Waals surface area contributed by atoms with Crippen molar-refractivity contribution in [3.8, 4) is 0 Å². The molecule has 20 heavy (non-hydrogen) atoms. The van der Waals surface area contributed by atoms with Crippen molar-refractivity contribution in [2.75, 3.05) is 18.4 Å². The molecule has 1 aliphatic heterocycles. The third-order valence-electron chi connectivity index (χ3n) is 3.75. The molecular formula is C17H19FN2. The molecule has 2 aromatic rings. The number of nitrogens with one attached hydrogen (secondary N) is 1. The maximum atomic E-state index is 13.6. The summed E-state index contributed by atoms with van der Waals surface area (Å²) in [5.74, 6) is -0.172. The standard InChI is InChI=1S/C17H19FN2/c18-16-8-4-5-9-17(16)19-15-10-11-20(13-15)12-14-6-2-1-3-7-14/h1-9,15,19H,10-13H2. The number of rotatable bonds is 4. The van der Waals surface area contributed by atoms with E-state index in [1.165, 1.54) is 11.6 Å². The van der Waals surface area contributed by atoms with E-state index in [9.17, 15) is 4.39 Å². The Labute approximate surface area is 119 Å². The summed E-state index contributed by atoms with van der Waals surface area (Å²) >= 11 is 0. The van der Waals surface area contributed by atoms with Crippen molar-refractivity contribution in [3.63, 3.8) is 0 Å². The molecule has 2 aromatic carbocycles. The quantitative estimate of drug-likeness (QED) is 0.914. The summed E-state index contributed by atoms with van der Waals surface area (Å²) < 4.78 is 13.6. The zero-order valence-corrected chi connectivity index (χ0v) is 11.4. The minimum atomic E-state index is -0.172. The summed E-state index contributed by atoms with van der Waals surface area (Å²) in [4.78, 5) is 2.41. The van der Waals surface area contributed by atoms with Crippen LogP contribution in [0.2, 0.25) is 0 Å². The van der Waals surface area contributed by atoms with Gasteiger partial charge in [-0.2, -0.15) is 0 Å². The fourth-order valence-electron chi connectivity index (χ4n) is 2.73. The zero-order valence-electron chi connectivity index (χ0n) is 11.4. The molecule has 2 nitrogen and oxygen atoms in total. The van der Waals surface area contributed by atoms with Gasteiger partial charge in [-0.25, -0.2) is 4.39 Å². The third kappa shape index (κ3) is 3.17. The van der Waals surface area contributed by atoms with Crippen molar-refractivity contribution in [1.82, 2.24) is 4.90 Å². The minimum Gasteiger partial charge on any atom is -0.379 e. The number of halogens is 1. The lowest BCUT2D eigenvalue weighted by Gasteiger charge is -2.17. The Morgan fingerprint density at radius 3 is 2.60 bits per heavy atom. The summed E-state index contributed by atoms with van der Waals surface area (Å²) in [6, 6.07) is 17.7. The molecule has 1 atom stereocenters. The molecule has 1 heterocycles. The number of anilines is 1. The van der Waals surface area contributed by atoms with E-state index in [0.717, 1.165) is 26.1 Å². The average Bonchev–Trinajstić information content (AvgIpc) is 2.90. The van der Waals surface area contributed by atoms with E-state index in [0.29, 0.717) is 11.7 Å². The number of hydrogen-bond donors (Lipinski definition) is 1. The van der Waals surface area contributed by atoms with Gasteiger partial charge >= 0.3 is 0 Å². The second kappa shape index (κ2) is 6.06. The van der Waals surface area contributed by atoms with Gasteiger partial charge in [-0.1, -0.05) is 42.5 Å². The Morgan fingerprint density at radius 1 is 1.05 bits per heavy atom. The Kier molecular flexibility index (Phi) is 3.97. The van der Waals surface area contributed by atoms with Gasteiger partial charge in [-0.15, -0.1) is 0 Å². The predicted molar refractivity (Wildman–Crippen MR) is 80.1 cm³/mol. The maximum absolute atomic E-state index is 13.6. The average molecular weight is 270 g/mol. The van der Waals surface area contributed by atoms with Crippen molar-refractivity contribution >= 4 is 5.69 Å². The van der Waals surface area contributed by atoms with Gasteiger partial charge in [0, 0.05) is 25.7 Å². The van der Waals surface area contributed by atoms with Crippen LogP contribution in [0.5, 0.6) is 0 Å². The van der Waals surface area contributed by atoms with Crippen LogP contribution in [0.3, 0.4) is 0 Å². The summed E-state index contributed by atoms with van der Waals surface area (Å²) in [7, 11) is 0. The number of hydrogen-bond acceptors (Lipinski definition) is 2. The highest BCUT2D eigenvalue weighted by atomic mass is 19.1. The first-order valence-corrected chi connectivity index (χ1v) is 7.08. The minimum absolute atomic E-state index is 0.172. The van der Waals surface area contributed by atoms with Gasteiger partial charge in [0.15, 0.2) is 0 Å². The van der Waals surface area contributed by atoms with Crippen LogP contribution in [0.4, 0.5) is 10.1 Å². The SMILES string of the molecule is Fc1ccccc1NC1CCN(Cc2ccccc2)C1. The highest BCUT2D eigenvalue weighted by Gasteiger charge is 2.22. The molecule has 1 aliphatic rings. The topological polar surface area (TPSA) is 15.3 Å². The van der Waals surface area contributed by atoms with Gasteiger partial charge < -0.3 is 5.32 Å². The Hall–Kier alpha value is -1.87. The molecule has 1 unspecified atom stereocenters. The monoisotopic (exact) mass is 270 g/mol. The fraction of sp³-hybridized carbons (Fsp3) is 0.294. The van der Waals surface area contributed by atoms with Crippen molar-refractivity contribution < 1.29 is 4.39 Å². The van der Waals surface area contributed by atoms with E-state index in [1.807, 2.05) is 12.1 Å². The van der Waals surface area contributed by atoms with Crippen LogP contribution < -0.4 is 5.32 Å². The second-order valence-corrected chi connectivity index (χ2v) is 5.33. The van der Waals surface area contributed by atoms with Crippen molar-refractivity contribution in [2.45, 2.75) is 19.0 Å². The largest absolute Gasteiger partial charge is 0.379 e. The second-order valence-electron chi connectivity index (χ2n) is 5.33. The molecular weight excluding hydrogens is 251 g/mol. The summed E-state index contributed by atoms with van der Waals surface area (Å²) in [5.41, 5.74) is 1.94. The van der Waals surface area contributed by atoms with Gasteiger partial charge in [0.05, 0.1) is 5.69 Å². The van der Waals surface area contributed by atoms with Crippen LogP contribution >= 0.6 is 0 Å². The lowest BCUT2D eigenvalue weighted by atomic mass is 10.2. The molecule has 0 bridgehead atoms. The number of benzene rings is 2. The highest BCUT2D eigenvalue weighted by molar-refractivity contribution is 5.45. The van der Waals surface area contributed by atoms with Crippen molar-refractivity contribution in [1.29, 1.82) is 0 Å². The molecule has 104 valence electrons. The van der Waals surface area contributed by atoms with Crippen LogP contribution in [-0.4, -0.2) is 24.0 Å². The predicted octanol–water partition coefficient (Wildman–Crippen LogP) is 3.51. The van der Waals surface area contributed by atoms with Crippen molar-refractivity contribution in [2.24, 2.45) is 0 Å². The van der Waals surface area contributed by atoms with Crippen molar-refractivity contribution in [3.05, 3.63) is 66.0 Å². The lowest BCUT2D eigenvalue weighted by Crippen LogP contribution is -2.26. The molecule has 0 radical (unpaired) electrons. The van der Waals surface area contributed by atoms with E-state index >= 15 is 0 Å². The molecule has 3 rings (SSSR count). The molecule has 0 spiro atoms. The first kappa shape index (κ1) is 13.1. The normalized spacial score (nSPS) is 19.1. The van der Waals surface area contributed by atoms with Crippen LogP contribution in [0, 0.1) is 5.82 Å². The summed E-state index contributed by atoms with van der Waals surface area (Å²) in [5, 5.41) is 3.31. The molecule has 1 saturated heterocycles. The van der Waals surface area contributed by atoms with Crippen LogP contribution in [0.15, 0.2) is 54.6 Å². The van der Waals surface area contributed by atoms with E-state index in [-0.39, 0.29) is 5.82 Å². The van der Waals surface area contributed by atoms with E-state index in [1.54, 1.807) is 12.1 Å². The highest BCUT2D eigenvalue weighted by Crippen LogP contribution is 2.19. The van der Waals surface area contributed by atoms with Gasteiger partial charge in [-0.05, 0) is 24.1 Å². The zero-order chi connectivity index (χ0) is 13.8. The van der Waals surface area contributed by atoms with Gasteiger partial charge in [0.1, 0.15) is 5.82 Å². The lowest BCUT2D eigenvalue weighted by molar-refractivity contribution is 0.328. The molecule has 3 heteroatoms. The first-order valence-electron chi connectivity index (χ1n) is 7.08. The number of nitrogens with zero attached hydrogens (tertiary/aromatic N) is 1. The Bertz CT molecular complexity index is 556. The van der Waals surface area contributed by atoms with Crippen LogP contribution in [0.1, 0.15) is 12.0 Å². The molecule has 1 N–H and O–H groups in total. The maximum Gasteiger partial charge on any atom is 0.146 e. The summed E-state index contributed by atoms with van der Waals surface area (Å²) in [6.45, 7) is 2.99.